The lowest BCUT2D eigenvalue weighted by Gasteiger charge is -2.09. The molecule has 0 N–H and O–H groups in total. The van der Waals surface area contributed by atoms with Crippen molar-refractivity contribution in [2.75, 3.05) is 13.7 Å². The van der Waals surface area contributed by atoms with Crippen molar-refractivity contribution in [1.29, 1.82) is 0 Å². The van der Waals surface area contributed by atoms with E-state index in [2.05, 4.69) is 4.98 Å². The van der Waals surface area contributed by atoms with Gasteiger partial charge in [0.05, 0.1) is 35.8 Å². The average Bonchev–Trinajstić information content (AvgIpc) is 2.64. The zero-order chi connectivity index (χ0) is 17.8. The van der Waals surface area contributed by atoms with Crippen molar-refractivity contribution in [1.82, 2.24) is 9.55 Å². The Morgan fingerprint density at radius 1 is 1.16 bits per heavy atom. The summed E-state index contributed by atoms with van der Waals surface area (Å²) in [6, 6.07) is 11.1. The third kappa shape index (κ3) is 3.57. The first kappa shape index (κ1) is 16.4. The van der Waals surface area contributed by atoms with Crippen molar-refractivity contribution in [3.8, 4) is 11.5 Å². The zero-order valence-corrected chi connectivity index (χ0v) is 13.4. The van der Waals surface area contributed by atoms with Gasteiger partial charge in [0.25, 0.3) is 11.2 Å². The number of nitro benzene ring substituents is 1. The summed E-state index contributed by atoms with van der Waals surface area (Å²) in [4.78, 5) is 26.9. The molecule has 0 atom stereocenters. The van der Waals surface area contributed by atoms with Gasteiger partial charge in [-0.3, -0.25) is 19.5 Å². The van der Waals surface area contributed by atoms with Crippen LogP contribution in [0.2, 0.25) is 0 Å². The van der Waals surface area contributed by atoms with Gasteiger partial charge >= 0.3 is 0 Å². The van der Waals surface area contributed by atoms with Crippen molar-refractivity contribution in [2.24, 2.45) is 0 Å². The van der Waals surface area contributed by atoms with E-state index in [1.807, 2.05) is 0 Å². The van der Waals surface area contributed by atoms with E-state index in [1.165, 1.54) is 29.1 Å². The van der Waals surface area contributed by atoms with Crippen LogP contribution in [-0.2, 0) is 6.54 Å². The lowest BCUT2D eigenvalue weighted by molar-refractivity contribution is -0.384. The monoisotopic (exact) mass is 341 g/mol. The number of non-ortho nitro benzene ring substituents is 1. The van der Waals surface area contributed by atoms with Crippen LogP contribution in [0.25, 0.3) is 10.9 Å². The third-order valence-electron chi connectivity index (χ3n) is 3.68. The van der Waals surface area contributed by atoms with Gasteiger partial charge in [-0.05, 0) is 30.3 Å². The molecule has 128 valence electrons. The van der Waals surface area contributed by atoms with Crippen LogP contribution >= 0.6 is 0 Å². The Morgan fingerprint density at radius 3 is 2.56 bits per heavy atom. The second-order valence-electron chi connectivity index (χ2n) is 5.23. The maximum absolute atomic E-state index is 12.5. The van der Waals surface area contributed by atoms with E-state index in [4.69, 9.17) is 9.47 Å². The molecule has 0 aliphatic rings. The number of nitrogens with zero attached hydrogens (tertiary/aromatic N) is 3. The van der Waals surface area contributed by atoms with Gasteiger partial charge in [-0.2, -0.15) is 0 Å². The SMILES string of the molecule is COc1ccc(OCCn2cnc3ccc([N+](=O)[O-])cc3c2=O)cc1. The van der Waals surface area contributed by atoms with Crippen LogP contribution in [0.1, 0.15) is 0 Å². The Morgan fingerprint density at radius 2 is 1.88 bits per heavy atom. The van der Waals surface area contributed by atoms with Crippen LogP contribution in [0, 0.1) is 10.1 Å². The first-order valence-electron chi connectivity index (χ1n) is 7.49. The van der Waals surface area contributed by atoms with Crippen LogP contribution in [0.4, 0.5) is 5.69 Å². The van der Waals surface area contributed by atoms with Crippen LogP contribution in [0.15, 0.2) is 53.6 Å². The highest BCUT2D eigenvalue weighted by Gasteiger charge is 2.10. The highest BCUT2D eigenvalue weighted by molar-refractivity contribution is 5.79. The molecule has 0 aliphatic heterocycles. The van der Waals surface area contributed by atoms with Crippen LogP contribution in [0.3, 0.4) is 0 Å². The number of benzene rings is 2. The van der Waals surface area contributed by atoms with Gasteiger partial charge in [0, 0.05) is 12.1 Å². The molecule has 0 spiro atoms. The Hall–Kier alpha value is -3.42. The average molecular weight is 341 g/mol. The third-order valence-corrected chi connectivity index (χ3v) is 3.68. The number of rotatable bonds is 6. The highest BCUT2D eigenvalue weighted by atomic mass is 16.6. The zero-order valence-electron chi connectivity index (χ0n) is 13.4. The largest absolute Gasteiger partial charge is 0.497 e. The van der Waals surface area contributed by atoms with E-state index in [0.29, 0.717) is 11.3 Å². The molecule has 0 amide bonds. The van der Waals surface area contributed by atoms with Gasteiger partial charge in [0.2, 0.25) is 0 Å². The minimum Gasteiger partial charge on any atom is -0.497 e. The predicted octanol–water partition coefficient (Wildman–Crippen LogP) is 2.39. The Bertz CT molecular complexity index is 966. The fourth-order valence-electron chi connectivity index (χ4n) is 2.35. The molecule has 1 heterocycles. The molecule has 0 saturated heterocycles. The summed E-state index contributed by atoms with van der Waals surface area (Å²) in [5.41, 5.74) is -0.0615. The van der Waals surface area contributed by atoms with Crippen LogP contribution < -0.4 is 15.0 Å². The summed E-state index contributed by atoms with van der Waals surface area (Å²) in [7, 11) is 1.58. The molecule has 8 heteroatoms. The molecule has 1 aromatic heterocycles. The number of hydrogen-bond donors (Lipinski definition) is 0. The summed E-state index contributed by atoms with van der Waals surface area (Å²) >= 11 is 0. The van der Waals surface area contributed by atoms with E-state index in [0.717, 1.165) is 5.75 Å². The molecule has 3 rings (SSSR count). The molecule has 25 heavy (non-hydrogen) atoms. The number of fused-ring (bicyclic) bond motifs is 1. The molecule has 8 nitrogen and oxygen atoms in total. The van der Waals surface area contributed by atoms with Gasteiger partial charge in [0.1, 0.15) is 18.1 Å². The molecule has 0 bridgehead atoms. The molecule has 0 unspecified atom stereocenters. The normalized spacial score (nSPS) is 10.6. The molecule has 0 radical (unpaired) electrons. The summed E-state index contributed by atoms with van der Waals surface area (Å²) < 4.78 is 12.0. The van der Waals surface area contributed by atoms with Crippen molar-refractivity contribution in [3.63, 3.8) is 0 Å². The molecule has 0 fully saturated rings. The fraction of sp³-hybridized carbons (Fsp3) is 0.176. The van der Waals surface area contributed by atoms with E-state index >= 15 is 0 Å². The topological polar surface area (TPSA) is 96.5 Å². The quantitative estimate of drug-likeness (QED) is 0.504. The van der Waals surface area contributed by atoms with Crippen molar-refractivity contribution in [2.45, 2.75) is 6.54 Å². The van der Waals surface area contributed by atoms with Crippen molar-refractivity contribution < 1.29 is 14.4 Å². The molecule has 3 aromatic rings. The number of methoxy groups -OCH3 is 1. The number of ether oxygens (including phenoxy) is 2. The lowest BCUT2D eigenvalue weighted by Crippen LogP contribution is -2.23. The summed E-state index contributed by atoms with van der Waals surface area (Å²) in [6.07, 6.45) is 1.41. The number of aromatic nitrogens is 2. The van der Waals surface area contributed by atoms with E-state index < -0.39 is 4.92 Å². The Balaban J connectivity index is 1.75. The lowest BCUT2D eigenvalue weighted by atomic mass is 10.2. The number of hydrogen-bond acceptors (Lipinski definition) is 6. The molecule has 0 aliphatic carbocycles. The highest BCUT2D eigenvalue weighted by Crippen LogP contribution is 2.17. The second-order valence-corrected chi connectivity index (χ2v) is 5.23. The molecule has 2 aromatic carbocycles. The Labute approximate surface area is 142 Å². The standard InChI is InChI=1S/C17H15N3O5/c1-24-13-3-5-14(6-4-13)25-9-8-19-11-18-16-7-2-12(20(22)23)10-15(16)17(19)21/h2-7,10-11H,8-9H2,1H3. The van der Waals surface area contributed by atoms with E-state index in [-0.39, 0.29) is 29.8 Å². The molecule has 0 saturated carbocycles. The predicted molar refractivity (Wildman–Crippen MR) is 91.1 cm³/mol. The van der Waals surface area contributed by atoms with Gasteiger partial charge < -0.3 is 9.47 Å². The van der Waals surface area contributed by atoms with Crippen molar-refractivity contribution >= 4 is 16.6 Å². The van der Waals surface area contributed by atoms with E-state index in [1.54, 1.807) is 31.4 Å². The Kier molecular flexibility index (Phi) is 4.60. The van der Waals surface area contributed by atoms with Crippen LogP contribution in [-0.4, -0.2) is 28.2 Å². The summed E-state index contributed by atoms with van der Waals surface area (Å²) in [5.74, 6) is 1.38. The van der Waals surface area contributed by atoms with Crippen molar-refractivity contribution in [3.05, 3.63) is 69.3 Å². The van der Waals surface area contributed by atoms with Gasteiger partial charge in [-0.25, -0.2) is 4.98 Å². The van der Waals surface area contributed by atoms with Gasteiger partial charge in [-0.1, -0.05) is 0 Å². The molecular formula is C17H15N3O5. The number of nitro groups is 1. The summed E-state index contributed by atoms with van der Waals surface area (Å²) in [6.45, 7) is 0.533. The van der Waals surface area contributed by atoms with Gasteiger partial charge in [-0.15, -0.1) is 0 Å². The summed E-state index contributed by atoms with van der Waals surface area (Å²) in [5, 5.41) is 11.1. The minimum absolute atomic E-state index is 0.140. The first-order valence-corrected chi connectivity index (χ1v) is 7.49. The van der Waals surface area contributed by atoms with Gasteiger partial charge in [0.15, 0.2) is 0 Å². The fourth-order valence-corrected chi connectivity index (χ4v) is 2.35. The maximum Gasteiger partial charge on any atom is 0.270 e. The maximum atomic E-state index is 12.5. The second kappa shape index (κ2) is 7.00. The van der Waals surface area contributed by atoms with Crippen LogP contribution in [0.5, 0.6) is 11.5 Å². The minimum atomic E-state index is -0.539. The first-order chi connectivity index (χ1) is 12.1. The molecular weight excluding hydrogens is 326 g/mol. The smallest absolute Gasteiger partial charge is 0.270 e. The van der Waals surface area contributed by atoms with E-state index in [9.17, 15) is 14.9 Å².